The number of ether oxygens (including phenoxy) is 1. The zero-order valence-corrected chi connectivity index (χ0v) is 15.2. The van der Waals surface area contributed by atoms with Gasteiger partial charge in [0.2, 0.25) is 11.8 Å². The van der Waals surface area contributed by atoms with Crippen molar-refractivity contribution in [1.29, 1.82) is 0 Å². The van der Waals surface area contributed by atoms with E-state index in [0.29, 0.717) is 11.4 Å². The molecule has 0 aliphatic rings. The highest BCUT2D eigenvalue weighted by Crippen LogP contribution is 2.17. The van der Waals surface area contributed by atoms with E-state index < -0.39 is 4.92 Å². The van der Waals surface area contributed by atoms with Gasteiger partial charge in [-0.05, 0) is 31.2 Å². The van der Waals surface area contributed by atoms with Crippen molar-refractivity contribution >= 4 is 23.2 Å². The number of nitrogens with zero attached hydrogens (tertiary/aromatic N) is 2. The van der Waals surface area contributed by atoms with Crippen LogP contribution in [0.5, 0.6) is 5.75 Å². The number of anilines is 1. The number of hydrogen-bond donors (Lipinski definition) is 1. The summed E-state index contributed by atoms with van der Waals surface area (Å²) in [6, 6.07) is 13.0. The first-order chi connectivity index (χ1) is 12.8. The molecule has 0 unspecified atom stereocenters. The molecule has 2 aromatic carbocycles. The van der Waals surface area contributed by atoms with Crippen molar-refractivity contribution in [1.82, 2.24) is 4.90 Å². The molecule has 27 heavy (non-hydrogen) atoms. The van der Waals surface area contributed by atoms with Crippen LogP contribution >= 0.6 is 0 Å². The quantitative estimate of drug-likeness (QED) is 0.568. The molecule has 2 aromatic rings. The van der Waals surface area contributed by atoms with Crippen LogP contribution in [0.25, 0.3) is 0 Å². The molecule has 8 nitrogen and oxygen atoms in total. The molecule has 142 valence electrons. The highest BCUT2D eigenvalue weighted by atomic mass is 16.6. The molecular weight excluding hydrogens is 350 g/mol. The average Bonchev–Trinajstić information content (AvgIpc) is 2.63. The number of nitrogens with one attached hydrogen (secondary N) is 1. The van der Waals surface area contributed by atoms with Gasteiger partial charge in [0, 0.05) is 24.9 Å². The maximum atomic E-state index is 12.1. The topological polar surface area (TPSA) is 102 Å². The van der Waals surface area contributed by atoms with E-state index in [1.54, 1.807) is 19.2 Å². The average molecular weight is 371 g/mol. The standard InChI is InChI=1S/C19H21N3O5/c1-14-3-5-15(6-4-14)20-18(23)13-21(2)19(24)11-12-27-17-9-7-16(8-10-17)22(25)26/h3-10H,11-13H2,1-2H3,(H,20,23). The van der Waals surface area contributed by atoms with E-state index in [2.05, 4.69) is 5.32 Å². The number of hydrogen-bond acceptors (Lipinski definition) is 5. The third-order valence-electron chi connectivity index (χ3n) is 3.77. The van der Waals surface area contributed by atoms with Gasteiger partial charge in [-0.1, -0.05) is 17.7 Å². The Morgan fingerprint density at radius 2 is 1.74 bits per heavy atom. The van der Waals surface area contributed by atoms with E-state index in [1.165, 1.54) is 29.2 Å². The Balaban J connectivity index is 1.73. The van der Waals surface area contributed by atoms with E-state index in [4.69, 9.17) is 4.74 Å². The lowest BCUT2D eigenvalue weighted by atomic mass is 10.2. The first kappa shape index (κ1) is 19.9. The molecule has 0 spiro atoms. The van der Waals surface area contributed by atoms with Crippen molar-refractivity contribution < 1.29 is 19.2 Å². The smallest absolute Gasteiger partial charge is 0.269 e. The lowest BCUT2D eigenvalue weighted by Crippen LogP contribution is -2.35. The fourth-order valence-corrected chi connectivity index (χ4v) is 2.25. The van der Waals surface area contributed by atoms with Crippen LogP contribution in [0.2, 0.25) is 0 Å². The molecular formula is C19H21N3O5. The molecule has 0 atom stereocenters. The highest BCUT2D eigenvalue weighted by molar-refractivity contribution is 5.94. The maximum absolute atomic E-state index is 12.1. The van der Waals surface area contributed by atoms with E-state index in [0.717, 1.165) is 5.56 Å². The number of carbonyl (C=O) groups is 2. The lowest BCUT2D eigenvalue weighted by molar-refractivity contribution is -0.384. The molecule has 2 amide bonds. The molecule has 0 radical (unpaired) electrons. The molecule has 0 aromatic heterocycles. The summed E-state index contributed by atoms with van der Waals surface area (Å²) in [5.41, 5.74) is 1.74. The molecule has 0 bridgehead atoms. The summed E-state index contributed by atoms with van der Waals surface area (Å²) >= 11 is 0. The monoisotopic (exact) mass is 371 g/mol. The van der Waals surface area contributed by atoms with E-state index in [9.17, 15) is 19.7 Å². The molecule has 0 aliphatic carbocycles. The second-order valence-electron chi connectivity index (χ2n) is 6.01. The zero-order chi connectivity index (χ0) is 19.8. The van der Waals surface area contributed by atoms with Gasteiger partial charge in [0.1, 0.15) is 5.75 Å². The van der Waals surface area contributed by atoms with Crippen LogP contribution in [-0.2, 0) is 9.59 Å². The van der Waals surface area contributed by atoms with Gasteiger partial charge >= 0.3 is 0 Å². The summed E-state index contributed by atoms with van der Waals surface area (Å²) in [4.78, 5) is 35.5. The van der Waals surface area contributed by atoms with Gasteiger partial charge in [0.15, 0.2) is 0 Å². The SMILES string of the molecule is Cc1ccc(NC(=O)CN(C)C(=O)CCOc2ccc([N+](=O)[O-])cc2)cc1. The summed E-state index contributed by atoms with van der Waals surface area (Å²) in [6.07, 6.45) is 0.0886. The molecule has 0 saturated carbocycles. The number of non-ortho nitro benzene ring substituents is 1. The Morgan fingerprint density at radius 1 is 1.11 bits per heavy atom. The predicted molar refractivity (Wildman–Crippen MR) is 101 cm³/mol. The van der Waals surface area contributed by atoms with Gasteiger partial charge in [0.25, 0.3) is 5.69 Å². The number of rotatable bonds is 8. The number of benzene rings is 2. The Labute approximate surface area is 156 Å². The van der Waals surface area contributed by atoms with Gasteiger partial charge < -0.3 is 15.0 Å². The normalized spacial score (nSPS) is 10.1. The van der Waals surface area contributed by atoms with Crippen molar-refractivity contribution in [3.05, 3.63) is 64.2 Å². The number of amides is 2. The molecule has 0 heterocycles. The van der Waals surface area contributed by atoms with E-state index in [1.807, 2.05) is 19.1 Å². The second-order valence-corrected chi connectivity index (χ2v) is 6.01. The van der Waals surface area contributed by atoms with Gasteiger partial charge in [-0.25, -0.2) is 0 Å². The number of nitro benzene ring substituents is 1. The molecule has 0 aliphatic heterocycles. The minimum absolute atomic E-state index is 0.0299. The fraction of sp³-hybridized carbons (Fsp3) is 0.263. The molecule has 8 heteroatoms. The maximum Gasteiger partial charge on any atom is 0.269 e. The number of aryl methyl sites for hydroxylation is 1. The lowest BCUT2D eigenvalue weighted by Gasteiger charge is -2.17. The van der Waals surface area contributed by atoms with Crippen LogP contribution in [0.4, 0.5) is 11.4 Å². The molecule has 0 saturated heterocycles. The van der Waals surface area contributed by atoms with Crippen LogP contribution in [-0.4, -0.2) is 41.8 Å². The van der Waals surface area contributed by atoms with Crippen molar-refractivity contribution in [2.75, 3.05) is 25.5 Å². The van der Waals surface area contributed by atoms with E-state index in [-0.39, 0.29) is 37.1 Å². The minimum atomic E-state index is -0.496. The van der Waals surface area contributed by atoms with Crippen molar-refractivity contribution in [3.8, 4) is 5.75 Å². The summed E-state index contributed by atoms with van der Waals surface area (Å²) < 4.78 is 5.40. The summed E-state index contributed by atoms with van der Waals surface area (Å²) in [5, 5.41) is 13.3. The predicted octanol–water partition coefficient (Wildman–Crippen LogP) is 2.77. The number of nitro groups is 1. The Kier molecular flexibility index (Phi) is 6.87. The van der Waals surface area contributed by atoms with Crippen LogP contribution in [0.15, 0.2) is 48.5 Å². The third kappa shape index (κ3) is 6.43. The summed E-state index contributed by atoms with van der Waals surface area (Å²) in [6.45, 7) is 2.00. The van der Waals surface area contributed by atoms with Crippen LogP contribution in [0.1, 0.15) is 12.0 Å². The summed E-state index contributed by atoms with van der Waals surface area (Å²) in [7, 11) is 1.54. The first-order valence-electron chi connectivity index (χ1n) is 8.33. The molecule has 2 rings (SSSR count). The van der Waals surface area contributed by atoms with Gasteiger partial charge in [-0.2, -0.15) is 0 Å². The Morgan fingerprint density at radius 3 is 2.33 bits per heavy atom. The number of likely N-dealkylation sites (N-methyl/N-ethyl adjacent to an activating group) is 1. The first-order valence-corrected chi connectivity index (χ1v) is 8.33. The van der Waals surface area contributed by atoms with Gasteiger partial charge in [0.05, 0.1) is 24.5 Å². The van der Waals surface area contributed by atoms with Crippen molar-refractivity contribution in [2.45, 2.75) is 13.3 Å². The third-order valence-corrected chi connectivity index (χ3v) is 3.77. The Bertz CT molecular complexity index is 803. The largest absolute Gasteiger partial charge is 0.493 e. The minimum Gasteiger partial charge on any atom is -0.493 e. The van der Waals surface area contributed by atoms with Gasteiger partial charge in [-0.15, -0.1) is 0 Å². The highest BCUT2D eigenvalue weighted by Gasteiger charge is 2.13. The van der Waals surface area contributed by atoms with Crippen LogP contribution in [0, 0.1) is 17.0 Å². The fourth-order valence-electron chi connectivity index (χ4n) is 2.25. The number of carbonyl (C=O) groups excluding carboxylic acids is 2. The second kappa shape index (κ2) is 9.33. The van der Waals surface area contributed by atoms with Crippen molar-refractivity contribution in [2.24, 2.45) is 0 Å². The molecule has 1 N–H and O–H groups in total. The van der Waals surface area contributed by atoms with Crippen LogP contribution in [0.3, 0.4) is 0 Å². The van der Waals surface area contributed by atoms with Gasteiger partial charge in [-0.3, -0.25) is 19.7 Å². The summed E-state index contributed by atoms with van der Waals surface area (Å²) in [5.74, 6) is -0.0878. The zero-order valence-electron chi connectivity index (χ0n) is 15.2. The van der Waals surface area contributed by atoms with Crippen molar-refractivity contribution in [3.63, 3.8) is 0 Å². The van der Waals surface area contributed by atoms with Crippen LogP contribution < -0.4 is 10.1 Å². The molecule has 0 fully saturated rings. The Hall–Kier alpha value is -3.42. The van der Waals surface area contributed by atoms with E-state index >= 15 is 0 Å².